The normalized spacial score (nSPS) is 10.6. The fourth-order valence-corrected chi connectivity index (χ4v) is 3.61. The van der Waals surface area contributed by atoms with E-state index < -0.39 is 0 Å². The van der Waals surface area contributed by atoms with Crippen molar-refractivity contribution in [3.05, 3.63) is 89.7 Å². The van der Waals surface area contributed by atoms with Gasteiger partial charge >= 0.3 is 0 Å². The van der Waals surface area contributed by atoms with E-state index in [1.54, 1.807) is 24.3 Å². The highest BCUT2D eigenvalue weighted by molar-refractivity contribution is 7.99. The van der Waals surface area contributed by atoms with Gasteiger partial charge in [-0.2, -0.15) is 0 Å². The molecule has 0 atom stereocenters. The molecule has 0 unspecified atom stereocenters. The van der Waals surface area contributed by atoms with E-state index >= 15 is 0 Å². The summed E-state index contributed by atoms with van der Waals surface area (Å²) in [6, 6.07) is 24.8. The zero-order chi connectivity index (χ0) is 21.5. The predicted octanol–water partition coefficient (Wildman–Crippen LogP) is 5.43. The number of aromatic amines is 1. The Morgan fingerprint density at radius 2 is 1.74 bits per heavy atom. The molecule has 0 bridgehead atoms. The Kier molecular flexibility index (Phi) is 6.86. The summed E-state index contributed by atoms with van der Waals surface area (Å²) in [6.07, 6.45) is 0. The Labute approximate surface area is 189 Å². The van der Waals surface area contributed by atoms with E-state index in [4.69, 9.17) is 16.3 Å². The second-order valence-electron chi connectivity index (χ2n) is 6.56. The first-order chi connectivity index (χ1) is 15.2. The molecule has 0 spiro atoms. The number of hydrogen-bond donors (Lipinski definition) is 2. The van der Waals surface area contributed by atoms with Gasteiger partial charge in [-0.05, 0) is 35.9 Å². The van der Waals surface area contributed by atoms with Crippen LogP contribution in [0.3, 0.4) is 0 Å². The number of para-hydroxylation sites is 1. The maximum Gasteiger partial charge on any atom is 0.234 e. The molecule has 0 aliphatic heterocycles. The molecule has 1 heterocycles. The smallest absolute Gasteiger partial charge is 0.234 e. The van der Waals surface area contributed by atoms with Crippen molar-refractivity contribution >= 4 is 35.0 Å². The van der Waals surface area contributed by atoms with Crippen LogP contribution in [0.4, 0.5) is 5.69 Å². The van der Waals surface area contributed by atoms with Crippen LogP contribution in [0.1, 0.15) is 5.82 Å². The summed E-state index contributed by atoms with van der Waals surface area (Å²) in [4.78, 5) is 16.8. The van der Waals surface area contributed by atoms with Gasteiger partial charge in [0.25, 0.3) is 0 Å². The highest BCUT2D eigenvalue weighted by Crippen LogP contribution is 2.27. The molecule has 6 nitrogen and oxygen atoms in total. The standard InChI is InChI=1S/C23H19ClN4O2S/c24-17-10-12-18(13-11-17)30-14-21-26-23(28-27-21)31-15-22(29)25-20-9-5-4-8-19(20)16-6-2-1-3-7-16/h1-13H,14-15H2,(H,25,29)(H,26,27,28). The summed E-state index contributed by atoms with van der Waals surface area (Å²) in [5, 5.41) is 11.1. The molecule has 156 valence electrons. The third-order valence-electron chi connectivity index (χ3n) is 4.32. The van der Waals surface area contributed by atoms with E-state index in [9.17, 15) is 4.79 Å². The largest absolute Gasteiger partial charge is 0.486 e. The highest BCUT2D eigenvalue weighted by Gasteiger charge is 2.11. The Hall–Kier alpha value is -3.29. The van der Waals surface area contributed by atoms with Gasteiger partial charge in [-0.3, -0.25) is 9.89 Å². The number of aromatic nitrogens is 3. The van der Waals surface area contributed by atoms with Crippen molar-refractivity contribution in [2.75, 3.05) is 11.1 Å². The SMILES string of the molecule is O=C(CSc1n[nH]c(COc2ccc(Cl)cc2)n1)Nc1ccccc1-c1ccccc1. The van der Waals surface area contributed by atoms with Crippen molar-refractivity contribution in [3.8, 4) is 16.9 Å². The Morgan fingerprint density at radius 1 is 1.00 bits per heavy atom. The van der Waals surface area contributed by atoms with Crippen molar-refractivity contribution in [3.63, 3.8) is 0 Å². The second-order valence-corrected chi connectivity index (χ2v) is 7.93. The molecule has 0 saturated carbocycles. The number of rotatable bonds is 8. The summed E-state index contributed by atoms with van der Waals surface area (Å²) < 4.78 is 5.64. The Bertz CT molecular complexity index is 1150. The Morgan fingerprint density at radius 3 is 2.55 bits per heavy atom. The van der Waals surface area contributed by atoms with Crippen molar-refractivity contribution in [1.29, 1.82) is 0 Å². The molecule has 1 aromatic heterocycles. The number of carbonyl (C=O) groups excluding carboxylic acids is 1. The van der Waals surface area contributed by atoms with Crippen molar-refractivity contribution in [2.24, 2.45) is 0 Å². The lowest BCUT2D eigenvalue weighted by Crippen LogP contribution is -2.14. The van der Waals surface area contributed by atoms with Crippen LogP contribution < -0.4 is 10.1 Å². The number of ether oxygens (including phenoxy) is 1. The quantitative estimate of drug-likeness (QED) is 0.349. The molecule has 0 aliphatic rings. The lowest BCUT2D eigenvalue weighted by atomic mass is 10.0. The minimum Gasteiger partial charge on any atom is -0.486 e. The Balaban J connectivity index is 1.30. The molecule has 0 radical (unpaired) electrons. The second kappa shape index (κ2) is 10.1. The third-order valence-corrected chi connectivity index (χ3v) is 5.42. The maximum atomic E-state index is 12.5. The van der Waals surface area contributed by atoms with Gasteiger partial charge in [0, 0.05) is 16.3 Å². The minimum absolute atomic E-state index is 0.128. The van der Waals surface area contributed by atoms with Gasteiger partial charge in [0.15, 0.2) is 5.82 Å². The third kappa shape index (κ3) is 5.87. The van der Waals surface area contributed by atoms with Crippen molar-refractivity contribution < 1.29 is 9.53 Å². The number of carbonyl (C=O) groups is 1. The zero-order valence-corrected chi connectivity index (χ0v) is 18.0. The summed E-state index contributed by atoms with van der Waals surface area (Å²) in [5.74, 6) is 1.33. The van der Waals surface area contributed by atoms with E-state index in [0.717, 1.165) is 16.8 Å². The number of nitrogens with zero attached hydrogens (tertiary/aromatic N) is 2. The summed E-state index contributed by atoms with van der Waals surface area (Å²) >= 11 is 7.12. The van der Waals surface area contributed by atoms with E-state index in [0.29, 0.717) is 21.8 Å². The number of benzene rings is 3. The molecule has 3 aromatic carbocycles. The van der Waals surface area contributed by atoms with Crippen molar-refractivity contribution in [1.82, 2.24) is 15.2 Å². The molecule has 2 N–H and O–H groups in total. The molecule has 0 fully saturated rings. The molecular formula is C23H19ClN4O2S. The van der Waals surface area contributed by atoms with E-state index in [1.165, 1.54) is 11.8 Å². The fourth-order valence-electron chi connectivity index (χ4n) is 2.87. The van der Waals surface area contributed by atoms with Gasteiger partial charge in [0.2, 0.25) is 11.1 Å². The summed E-state index contributed by atoms with van der Waals surface area (Å²) in [7, 11) is 0. The van der Waals surface area contributed by atoms with Gasteiger partial charge in [-0.25, -0.2) is 4.98 Å². The van der Waals surface area contributed by atoms with Crippen molar-refractivity contribution in [2.45, 2.75) is 11.8 Å². The number of halogens is 1. The van der Waals surface area contributed by atoms with Crippen LogP contribution in [0.5, 0.6) is 5.75 Å². The van der Waals surface area contributed by atoms with Crippen LogP contribution in [-0.4, -0.2) is 26.8 Å². The van der Waals surface area contributed by atoms with E-state index in [-0.39, 0.29) is 18.3 Å². The number of hydrogen-bond acceptors (Lipinski definition) is 5. The van der Waals surface area contributed by atoms with Crippen LogP contribution in [0, 0.1) is 0 Å². The lowest BCUT2D eigenvalue weighted by Gasteiger charge is -2.10. The van der Waals surface area contributed by atoms with Crippen LogP contribution in [-0.2, 0) is 11.4 Å². The molecule has 4 aromatic rings. The zero-order valence-electron chi connectivity index (χ0n) is 16.4. The molecule has 8 heteroatoms. The van der Waals surface area contributed by atoms with Gasteiger partial charge in [-0.1, -0.05) is 71.9 Å². The van der Waals surface area contributed by atoms with Crippen LogP contribution in [0.2, 0.25) is 5.02 Å². The van der Waals surface area contributed by atoms with E-state index in [2.05, 4.69) is 20.5 Å². The van der Waals surface area contributed by atoms with Crippen LogP contribution in [0.15, 0.2) is 84.0 Å². The van der Waals surface area contributed by atoms with Gasteiger partial charge in [0.05, 0.1) is 5.75 Å². The van der Waals surface area contributed by atoms with Gasteiger partial charge in [-0.15, -0.1) is 5.10 Å². The summed E-state index contributed by atoms with van der Waals surface area (Å²) in [6.45, 7) is 0.242. The number of amides is 1. The monoisotopic (exact) mass is 450 g/mol. The molecule has 1 amide bonds. The first-order valence-electron chi connectivity index (χ1n) is 9.54. The number of thioether (sulfide) groups is 1. The molecule has 0 saturated heterocycles. The predicted molar refractivity (Wildman–Crippen MR) is 123 cm³/mol. The average Bonchev–Trinajstić information content (AvgIpc) is 3.26. The number of anilines is 1. The first kappa shape index (κ1) is 21.0. The summed E-state index contributed by atoms with van der Waals surface area (Å²) in [5.41, 5.74) is 2.79. The first-order valence-corrected chi connectivity index (χ1v) is 10.9. The van der Waals surface area contributed by atoms with Gasteiger partial charge in [0.1, 0.15) is 12.4 Å². The average molecular weight is 451 g/mol. The van der Waals surface area contributed by atoms with Crippen LogP contribution >= 0.6 is 23.4 Å². The van der Waals surface area contributed by atoms with Gasteiger partial charge < -0.3 is 10.1 Å². The van der Waals surface area contributed by atoms with E-state index in [1.807, 2.05) is 54.6 Å². The highest BCUT2D eigenvalue weighted by atomic mass is 35.5. The lowest BCUT2D eigenvalue weighted by molar-refractivity contribution is -0.113. The molecule has 4 rings (SSSR count). The molecule has 0 aliphatic carbocycles. The maximum absolute atomic E-state index is 12.5. The number of nitrogens with one attached hydrogen (secondary N) is 2. The number of H-pyrrole nitrogens is 1. The minimum atomic E-state index is -0.128. The topological polar surface area (TPSA) is 79.9 Å². The molecule has 31 heavy (non-hydrogen) atoms. The fraction of sp³-hybridized carbons (Fsp3) is 0.0870. The van der Waals surface area contributed by atoms with Crippen LogP contribution in [0.25, 0.3) is 11.1 Å². The molecular weight excluding hydrogens is 432 g/mol.